The number of nitrogens with one attached hydrogen (secondary N) is 3. The normalized spacial score (nSPS) is 23.4. The van der Waals surface area contributed by atoms with Gasteiger partial charge in [0.1, 0.15) is 0 Å². The molecule has 4 rings (SSSR count). The Morgan fingerprint density at radius 3 is 2.70 bits per heavy atom. The van der Waals surface area contributed by atoms with Gasteiger partial charge < -0.3 is 10.6 Å². The smallest absolute Gasteiger partial charge is 0.230 e. The third-order valence-corrected chi connectivity index (χ3v) is 6.21. The molecule has 0 aliphatic heterocycles. The average Bonchev–Trinajstić information content (AvgIpc) is 3.37. The summed E-state index contributed by atoms with van der Waals surface area (Å²) < 4.78 is 0. The van der Waals surface area contributed by atoms with Crippen LogP contribution in [0.2, 0.25) is 0 Å². The van der Waals surface area contributed by atoms with Gasteiger partial charge >= 0.3 is 0 Å². The fraction of sp³-hybridized carbons (Fsp3) is 0.474. The van der Waals surface area contributed by atoms with Crippen LogP contribution < -0.4 is 10.6 Å². The fourth-order valence-corrected chi connectivity index (χ4v) is 4.76. The summed E-state index contributed by atoms with van der Waals surface area (Å²) in [6, 6.07) is 7.72. The van der Waals surface area contributed by atoms with Crippen molar-refractivity contribution in [1.82, 2.24) is 20.5 Å². The number of fused-ring (bicyclic) bond motifs is 2. The van der Waals surface area contributed by atoms with Crippen molar-refractivity contribution in [3.05, 3.63) is 24.3 Å². The zero-order valence-electron chi connectivity index (χ0n) is 15.2. The average molecular weight is 385 g/mol. The Kier molecular flexibility index (Phi) is 5.15. The minimum Gasteiger partial charge on any atom is -0.352 e. The van der Waals surface area contributed by atoms with Gasteiger partial charge in [0.2, 0.25) is 17.0 Å². The second-order valence-corrected chi connectivity index (χ2v) is 8.31. The van der Waals surface area contributed by atoms with Gasteiger partial charge in [0.15, 0.2) is 5.82 Å². The Morgan fingerprint density at radius 2 is 2.04 bits per heavy atom. The number of carbonyl (C=O) groups excluding carboxylic acids is 2. The predicted molar refractivity (Wildman–Crippen MR) is 104 cm³/mol. The summed E-state index contributed by atoms with van der Waals surface area (Å²) in [4.78, 5) is 27.7. The van der Waals surface area contributed by atoms with E-state index in [0.717, 1.165) is 23.6 Å². The summed E-state index contributed by atoms with van der Waals surface area (Å²) in [7, 11) is 0. The highest BCUT2D eigenvalue weighted by molar-refractivity contribution is 7.99. The molecule has 1 aromatic heterocycles. The lowest BCUT2D eigenvalue weighted by Crippen LogP contribution is -2.39. The molecule has 0 spiro atoms. The Labute approximate surface area is 162 Å². The molecule has 2 amide bonds. The summed E-state index contributed by atoms with van der Waals surface area (Å²) in [5.41, 5.74) is 1.60. The molecule has 27 heavy (non-hydrogen) atoms. The number of hydrogen-bond donors (Lipinski definition) is 3. The monoisotopic (exact) mass is 385 g/mol. The van der Waals surface area contributed by atoms with Crippen molar-refractivity contribution in [2.24, 2.45) is 11.8 Å². The number of amides is 2. The third kappa shape index (κ3) is 4.32. The first-order chi connectivity index (χ1) is 13.1. The number of carbonyl (C=O) groups is 2. The zero-order chi connectivity index (χ0) is 18.8. The van der Waals surface area contributed by atoms with Crippen LogP contribution in [0.25, 0.3) is 11.4 Å². The van der Waals surface area contributed by atoms with Gasteiger partial charge in [0, 0.05) is 24.2 Å². The summed E-state index contributed by atoms with van der Waals surface area (Å²) >= 11 is 1.34. The SMILES string of the molecule is CC(=O)Nc1ccc(-c2nc(SCC(=O)N[C@H]3C[C@H]4CC[C@@H]3C4)n[nH]2)cc1. The van der Waals surface area contributed by atoms with E-state index >= 15 is 0 Å². The number of hydrogen-bond acceptors (Lipinski definition) is 5. The van der Waals surface area contributed by atoms with E-state index in [4.69, 9.17) is 0 Å². The molecule has 2 aromatic rings. The number of benzene rings is 1. The van der Waals surface area contributed by atoms with Crippen molar-refractivity contribution in [3.8, 4) is 11.4 Å². The van der Waals surface area contributed by atoms with Crippen LogP contribution in [0.5, 0.6) is 0 Å². The summed E-state index contributed by atoms with van der Waals surface area (Å²) in [6.45, 7) is 1.47. The molecule has 0 unspecified atom stereocenters. The Morgan fingerprint density at radius 1 is 1.22 bits per heavy atom. The Bertz CT molecular complexity index is 835. The van der Waals surface area contributed by atoms with E-state index in [9.17, 15) is 9.59 Å². The molecule has 0 saturated heterocycles. The van der Waals surface area contributed by atoms with E-state index in [1.807, 2.05) is 24.3 Å². The van der Waals surface area contributed by atoms with Gasteiger partial charge in [0.05, 0.1) is 5.75 Å². The molecule has 3 atom stereocenters. The molecule has 1 aromatic carbocycles. The van der Waals surface area contributed by atoms with Crippen LogP contribution in [0.4, 0.5) is 5.69 Å². The highest BCUT2D eigenvalue weighted by Crippen LogP contribution is 2.44. The number of rotatable bonds is 6. The van der Waals surface area contributed by atoms with Crippen molar-refractivity contribution >= 4 is 29.3 Å². The van der Waals surface area contributed by atoms with E-state index in [1.54, 1.807) is 0 Å². The van der Waals surface area contributed by atoms with Crippen molar-refractivity contribution in [1.29, 1.82) is 0 Å². The van der Waals surface area contributed by atoms with Crippen LogP contribution in [0.1, 0.15) is 32.6 Å². The van der Waals surface area contributed by atoms with Crippen molar-refractivity contribution in [2.45, 2.75) is 43.8 Å². The van der Waals surface area contributed by atoms with E-state index < -0.39 is 0 Å². The van der Waals surface area contributed by atoms with E-state index in [2.05, 4.69) is 25.8 Å². The Hall–Kier alpha value is -2.35. The van der Waals surface area contributed by atoms with Gasteiger partial charge in [-0.1, -0.05) is 18.2 Å². The largest absolute Gasteiger partial charge is 0.352 e. The summed E-state index contributed by atoms with van der Waals surface area (Å²) in [5.74, 6) is 2.42. The molecule has 3 N–H and O–H groups in total. The molecule has 2 saturated carbocycles. The van der Waals surface area contributed by atoms with Crippen molar-refractivity contribution < 1.29 is 9.59 Å². The topological polar surface area (TPSA) is 99.8 Å². The highest BCUT2D eigenvalue weighted by Gasteiger charge is 2.39. The minimum atomic E-state index is -0.107. The first-order valence-corrected chi connectivity index (χ1v) is 10.3. The fourth-order valence-electron chi connectivity index (χ4n) is 4.15. The maximum Gasteiger partial charge on any atom is 0.230 e. The molecule has 0 radical (unpaired) electrons. The quantitative estimate of drug-likeness (QED) is 0.664. The van der Waals surface area contributed by atoms with Gasteiger partial charge in [-0.15, -0.1) is 5.10 Å². The standard InChI is InChI=1S/C19H23N5O2S/c1-11(25)20-15-6-4-13(5-7-15)18-22-19(24-23-18)27-10-17(26)21-16-9-12-2-3-14(16)8-12/h4-7,12,14,16H,2-3,8-10H2,1H3,(H,20,25)(H,21,26)(H,22,23,24)/t12-,14+,16-/m0/s1. The van der Waals surface area contributed by atoms with E-state index in [1.165, 1.54) is 37.9 Å². The highest BCUT2D eigenvalue weighted by atomic mass is 32.2. The van der Waals surface area contributed by atoms with Crippen LogP contribution in [0, 0.1) is 11.8 Å². The first kappa shape index (κ1) is 18.0. The van der Waals surface area contributed by atoms with Crippen LogP contribution in [0.3, 0.4) is 0 Å². The van der Waals surface area contributed by atoms with Gasteiger partial charge in [-0.2, -0.15) is 0 Å². The van der Waals surface area contributed by atoms with Crippen molar-refractivity contribution in [2.75, 3.05) is 11.1 Å². The lowest BCUT2D eigenvalue weighted by molar-refractivity contribution is -0.119. The molecule has 1 heterocycles. The lowest BCUT2D eigenvalue weighted by atomic mass is 9.95. The second-order valence-electron chi connectivity index (χ2n) is 7.36. The molecule has 142 valence electrons. The lowest BCUT2D eigenvalue weighted by Gasteiger charge is -2.22. The van der Waals surface area contributed by atoms with Crippen molar-refractivity contribution in [3.63, 3.8) is 0 Å². The zero-order valence-corrected chi connectivity index (χ0v) is 16.0. The molecule has 7 nitrogen and oxygen atoms in total. The molecule has 2 aliphatic carbocycles. The maximum atomic E-state index is 12.2. The van der Waals surface area contributed by atoms with Gasteiger partial charge in [-0.05, 0) is 55.4 Å². The summed E-state index contributed by atoms with van der Waals surface area (Å²) in [6.07, 6.45) is 5.01. The minimum absolute atomic E-state index is 0.0589. The number of nitrogens with zero attached hydrogens (tertiary/aromatic N) is 2. The molecule has 8 heteroatoms. The van der Waals surface area contributed by atoms with Crippen LogP contribution >= 0.6 is 11.8 Å². The molecule has 2 aliphatic rings. The Balaban J connectivity index is 1.29. The second kappa shape index (κ2) is 7.72. The van der Waals surface area contributed by atoms with Crippen LogP contribution in [-0.2, 0) is 9.59 Å². The molecular weight excluding hydrogens is 362 g/mol. The predicted octanol–water partition coefficient (Wildman–Crippen LogP) is 2.83. The molecule has 2 bridgehead atoms. The van der Waals surface area contributed by atoms with E-state index in [-0.39, 0.29) is 11.8 Å². The van der Waals surface area contributed by atoms with Crippen LogP contribution in [0.15, 0.2) is 29.4 Å². The molecule has 2 fully saturated rings. The number of anilines is 1. The van der Waals surface area contributed by atoms with Crippen LogP contribution in [-0.4, -0.2) is 38.8 Å². The first-order valence-electron chi connectivity index (χ1n) is 9.29. The van der Waals surface area contributed by atoms with Gasteiger partial charge in [-0.3, -0.25) is 14.7 Å². The number of H-pyrrole nitrogens is 1. The number of aromatic amines is 1. The number of thioether (sulfide) groups is 1. The molecular formula is C19H23N5O2S. The third-order valence-electron chi connectivity index (χ3n) is 5.36. The van der Waals surface area contributed by atoms with Gasteiger partial charge in [-0.25, -0.2) is 4.98 Å². The number of aromatic nitrogens is 3. The van der Waals surface area contributed by atoms with Gasteiger partial charge in [0.25, 0.3) is 0 Å². The summed E-state index contributed by atoms with van der Waals surface area (Å²) in [5, 5.41) is 13.5. The maximum absolute atomic E-state index is 12.2. The van der Waals surface area contributed by atoms with E-state index in [0.29, 0.717) is 28.7 Å².